The number of likely N-dealkylation sites (N-methyl/N-ethyl adjacent to an activating group) is 1. The average Bonchev–Trinajstić information content (AvgIpc) is 2.99. The van der Waals surface area contributed by atoms with Gasteiger partial charge in [-0.2, -0.15) is 0 Å². The highest BCUT2D eigenvalue weighted by atomic mass is 31.2. The molecule has 0 aromatic carbocycles. The van der Waals surface area contributed by atoms with Crippen molar-refractivity contribution in [1.29, 1.82) is 0 Å². The summed E-state index contributed by atoms with van der Waals surface area (Å²) in [6.07, 6.45) is 32.7. The van der Waals surface area contributed by atoms with Crippen molar-refractivity contribution in [3.8, 4) is 0 Å². The summed E-state index contributed by atoms with van der Waals surface area (Å²) in [5.41, 5.74) is 0. The number of phosphoric ester groups is 1. The third-order valence-corrected chi connectivity index (χ3v) is 7.28. The van der Waals surface area contributed by atoms with E-state index in [4.69, 9.17) is 18.5 Å². The minimum atomic E-state index is -4.64. The highest BCUT2D eigenvalue weighted by Gasteiger charge is 2.21. The summed E-state index contributed by atoms with van der Waals surface area (Å²) in [7, 11) is 1.09. The van der Waals surface area contributed by atoms with Gasteiger partial charge in [-0.3, -0.25) is 14.2 Å². The number of ether oxygens (including phenoxy) is 2. The molecule has 0 aliphatic heterocycles. The van der Waals surface area contributed by atoms with Gasteiger partial charge in [-0.1, -0.05) is 106 Å². The highest BCUT2D eigenvalue weighted by molar-refractivity contribution is 7.45. The number of carbonyl (C=O) groups excluding carboxylic acids is 2. The number of phosphoric acid groups is 1. The van der Waals surface area contributed by atoms with Crippen LogP contribution in [-0.2, 0) is 32.7 Å². The fourth-order valence-corrected chi connectivity index (χ4v) is 4.44. The van der Waals surface area contributed by atoms with Crippen molar-refractivity contribution in [2.45, 2.75) is 97.0 Å². The molecular weight excluding hydrogens is 605 g/mol. The third-order valence-electron chi connectivity index (χ3n) is 6.32. The Morgan fingerprint density at radius 2 is 1.33 bits per heavy atom. The van der Waals surface area contributed by atoms with Gasteiger partial charge >= 0.3 is 11.9 Å². The van der Waals surface area contributed by atoms with Gasteiger partial charge in [-0.15, -0.1) is 0 Å². The number of allylic oxidation sites excluding steroid dienone is 11. The van der Waals surface area contributed by atoms with E-state index < -0.39 is 32.5 Å². The van der Waals surface area contributed by atoms with Crippen LogP contribution in [0.15, 0.2) is 72.9 Å². The van der Waals surface area contributed by atoms with Crippen LogP contribution in [0, 0.1) is 0 Å². The molecule has 0 heterocycles. The molecule has 46 heavy (non-hydrogen) atoms. The molecule has 0 aliphatic rings. The molecule has 2 unspecified atom stereocenters. The van der Waals surface area contributed by atoms with Crippen molar-refractivity contribution in [2.75, 3.05) is 47.5 Å². The lowest BCUT2D eigenvalue weighted by Gasteiger charge is -2.28. The first-order valence-electron chi connectivity index (χ1n) is 16.7. The molecule has 0 rings (SSSR count). The van der Waals surface area contributed by atoms with E-state index in [1.165, 1.54) is 0 Å². The Balaban J connectivity index is 4.66. The van der Waals surface area contributed by atoms with E-state index in [0.717, 1.165) is 51.4 Å². The summed E-state index contributed by atoms with van der Waals surface area (Å²) in [5.74, 6) is -1.01. The van der Waals surface area contributed by atoms with Crippen LogP contribution in [0.3, 0.4) is 0 Å². The van der Waals surface area contributed by atoms with E-state index in [-0.39, 0.29) is 26.1 Å². The predicted molar refractivity (Wildman–Crippen MR) is 185 cm³/mol. The van der Waals surface area contributed by atoms with Crippen molar-refractivity contribution in [2.24, 2.45) is 0 Å². The van der Waals surface area contributed by atoms with Crippen molar-refractivity contribution >= 4 is 19.8 Å². The number of hydrogen-bond donors (Lipinski definition) is 0. The highest BCUT2D eigenvalue weighted by Crippen LogP contribution is 2.38. The lowest BCUT2D eigenvalue weighted by Crippen LogP contribution is -2.37. The topological polar surface area (TPSA) is 111 Å². The van der Waals surface area contributed by atoms with Crippen LogP contribution in [0.1, 0.15) is 90.9 Å². The maximum absolute atomic E-state index is 12.5. The Labute approximate surface area is 278 Å². The minimum absolute atomic E-state index is 0.0438. The average molecular weight is 666 g/mol. The molecule has 0 bridgehead atoms. The number of esters is 2. The lowest BCUT2D eigenvalue weighted by atomic mass is 10.1. The molecule has 0 saturated heterocycles. The SMILES string of the molecule is CC/C=C/C=C/C=C/CCCCCCCC(=O)OC(COC(=O)C/C=C/C/C=C/C/C=C/CC)COP(=O)([O-])OCC[N+](C)(C)C. The Kier molecular flexibility index (Phi) is 27.1. The lowest BCUT2D eigenvalue weighted by molar-refractivity contribution is -0.870. The maximum Gasteiger partial charge on any atom is 0.309 e. The number of unbranched alkanes of at least 4 members (excludes halogenated alkanes) is 5. The number of hydrogen-bond acceptors (Lipinski definition) is 8. The van der Waals surface area contributed by atoms with E-state index in [2.05, 4.69) is 50.3 Å². The van der Waals surface area contributed by atoms with Crippen LogP contribution in [0.5, 0.6) is 0 Å². The van der Waals surface area contributed by atoms with Crippen molar-refractivity contribution < 1.29 is 42.1 Å². The fraction of sp³-hybridized carbons (Fsp3) is 0.611. The molecule has 2 atom stereocenters. The van der Waals surface area contributed by atoms with Gasteiger partial charge in [0.1, 0.15) is 19.8 Å². The molecule has 262 valence electrons. The Hall–Kier alpha value is -2.55. The molecule has 0 spiro atoms. The molecule has 10 heteroatoms. The first kappa shape index (κ1) is 43.5. The van der Waals surface area contributed by atoms with Gasteiger partial charge in [-0.25, -0.2) is 0 Å². The van der Waals surface area contributed by atoms with Gasteiger partial charge in [0.2, 0.25) is 0 Å². The molecule has 0 N–H and O–H groups in total. The maximum atomic E-state index is 12.5. The first-order chi connectivity index (χ1) is 22.0. The minimum Gasteiger partial charge on any atom is -0.756 e. The van der Waals surface area contributed by atoms with Gasteiger partial charge in [-0.05, 0) is 44.9 Å². The van der Waals surface area contributed by atoms with Crippen LogP contribution in [0.2, 0.25) is 0 Å². The summed E-state index contributed by atoms with van der Waals surface area (Å²) in [6.45, 7) is 3.77. The molecular formula is C36H60NO8P. The molecule has 0 saturated carbocycles. The molecule has 0 radical (unpaired) electrons. The monoisotopic (exact) mass is 665 g/mol. The van der Waals surface area contributed by atoms with Crippen LogP contribution < -0.4 is 4.89 Å². The molecule has 0 aromatic rings. The number of quaternary nitrogens is 1. The van der Waals surface area contributed by atoms with E-state index >= 15 is 0 Å². The van der Waals surface area contributed by atoms with E-state index in [0.29, 0.717) is 23.9 Å². The van der Waals surface area contributed by atoms with Crippen molar-refractivity contribution in [3.05, 3.63) is 72.9 Å². The van der Waals surface area contributed by atoms with Crippen molar-refractivity contribution in [3.63, 3.8) is 0 Å². The van der Waals surface area contributed by atoms with Crippen LogP contribution in [0.4, 0.5) is 0 Å². The first-order valence-corrected chi connectivity index (χ1v) is 18.1. The molecule has 0 aliphatic carbocycles. The number of carbonyl (C=O) groups is 2. The Bertz CT molecular complexity index is 1020. The second kappa shape index (κ2) is 28.7. The molecule has 0 aromatic heterocycles. The summed E-state index contributed by atoms with van der Waals surface area (Å²) < 4.78 is 33.4. The predicted octanol–water partition coefficient (Wildman–Crippen LogP) is 7.71. The summed E-state index contributed by atoms with van der Waals surface area (Å²) >= 11 is 0. The van der Waals surface area contributed by atoms with Crippen LogP contribution >= 0.6 is 7.82 Å². The quantitative estimate of drug-likeness (QED) is 0.0209. The zero-order chi connectivity index (χ0) is 34.4. The van der Waals surface area contributed by atoms with E-state index in [1.54, 1.807) is 6.08 Å². The summed E-state index contributed by atoms with van der Waals surface area (Å²) in [6, 6.07) is 0. The van der Waals surface area contributed by atoms with Crippen LogP contribution in [0.25, 0.3) is 0 Å². The normalized spacial score (nSPS) is 14.8. The fourth-order valence-electron chi connectivity index (χ4n) is 3.71. The van der Waals surface area contributed by atoms with Gasteiger partial charge in [0.15, 0.2) is 6.10 Å². The number of nitrogens with zero attached hydrogens (tertiary/aromatic N) is 1. The summed E-state index contributed by atoms with van der Waals surface area (Å²) in [4.78, 5) is 37.0. The second-order valence-electron chi connectivity index (χ2n) is 11.8. The second-order valence-corrected chi connectivity index (χ2v) is 13.2. The molecule has 0 amide bonds. The van der Waals surface area contributed by atoms with E-state index in [1.807, 2.05) is 51.5 Å². The van der Waals surface area contributed by atoms with Gasteiger partial charge in [0.05, 0.1) is 34.2 Å². The standard InChI is InChI=1S/C36H60NO8P/c1-6-8-10-12-14-16-17-18-19-21-23-25-27-29-36(39)45-34(33-44-46(40,41)43-31-30-37(3,4)5)32-42-35(38)28-26-24-22-20-15-13-11-9-7-2/h8-12,14-17,20,24,26,34H,6-7,13,18-19,21-23,25,27-33H2,1-5H3/b10-8+,11-9+,14-12+,17-16+,20-15+,26-24+. The van der Waals surface area contributed by atoms with E-state index in [9.17, 15) is 19.0 Å². The molecule has 0 fully saturated rings. The largest absolute Gasteiger partial charge is 0.756 e. The smallest absolute Gasteiger partial charge is 0.309 e. The number of rotatable bonds is 28. The van der Waals surface area contributed by atoms with Crippen LogP contribution in [-0.4, -0.2) is 70.0 Å². The van der Waals surface area contributed by atoms with Crippen molar-refractivity contribution in [1.82, 2.24) is 0 Å². The zero-order valence-corrected chi connectivity index (χ0v) is 29.9. The summed E-state index contributed by atoms with van der Waals surface area (Å²) in [5, 5.41) is 0. The van der Waals surface area contributed by atoms with Gasteiger partial charge in [0, 0.05) is 6.42 Å². The molecule has 9 nitrogen and oxygen atoms in total. The Morgan fingerprint density at radius 1 is 0.717 bits per heavy atom. The van der Waals surface area contributed by atoms with Gasteiger partial charge in [0.25, 0.3) is 7.82 Å². The zero-order valence-electron chi connectivity index (χ0n) is 29.0. The Morgan fingerprint density at radius 3 is 2.00 bits per heavy atom. The van der Waals surface area contributed by atoms with Gasteiger partial charge < -0.3 is 27.9 Å². The third kappa shape index (κ3) is 31.4.